The van der Waals surface area contributed by atoms with E-state index in [1.807, 2.05) is 54.6 Å². The summed E-state index contributed by atoms with van der Waals surface area (Å²) in [6.45, 7) is 34.0. The van der Waals surface area contributed by atoms with Gasteiger partial charge in [0.05, 0.1) is 6.61 Å². The van der Waals surface area contributed by atoms with E-state index >= 15 is 0 Å². The second-order valence-electron chi connectivity index (χ2n) is 19.2. The fraction of sp³-hybridized carbons (Fsp3) is 0.610. The highest BCUT2D eigenvalue weighted by Gasteiger charge is 2.55. The number of hydrogen-bond acceptors (Lipinski definition) is 7. The predicted molar refractivity (Wildman–Crippen MR) is 223 cm³/mol. The van der Waals surface area contributed by atoms with Crippen molar-refractivity contribution in [3.63, 3.8) is 0 Å². The third-order valence-corrected chi connectivity index (χ3v) is 25.5. The van der Waals surface area contributed by atoms with Crippen molar-refractivity contribution in [3.8, 4) is 5.75 Å². The summed E-state index contributed by atoms with van der Waals surface area (Å²) in [4.78, 5) is 29.8. The molecule has 0 radical (unpaired) electrons. The average Bonchev–Trinajstić information content (AvgIpc) is 3.34. The van der Waals surface area contributed by atoms with Crippen LogP contribution in [0.1, 0.15) is 85.2 Å². The van der Waals surface area contributed by atoms with Gasteiger partial charge in [0.1, 0.15) is 30.7 Å². The van der Waals surface area contributed by atoms with Gasteiger partial charge in [-0.15, -0.1) is 0 Å². The zero-order chi connectivity index (χ0) is 39.8. The summed E-state index contributed by atoms with van der Waals surface area (Å²) in [5, 5.41) is -0.214. The lowest BCUT2D eigenvalue weighted by Crippen LogP contribution is -2.55. The van der Waals surface area contributed by atoms with E-state index in [4.69, 9.17) is 22.8 Å². The molecule has 1 fully saturated rings. The van der Waals surface area contributed by atoms with Crippen molar-refractivity contribution in [2.24, 2.45) is 0 Å². The molecule has 294 valence electrons. The van der Waals surface area contributed by atoms with Gasteiger partial charge in [-0.05, 0) is 77.7 Å². The summed E-state index contributed by atoms with van der Waals surface area (Å²) >= 11 is 0. The monoisotopic (exact) mass is 782 g/mol. The number of ether oxygens (including phenoxy) is 2. The lowest BCUT2D eigenvalue weighted by Gasteiger charge is -2.44. The Balaban J connectivity index is 1.77. The van der Waals surface area contributed by atoms with E-state index in [0.717, 1.165) is 11.1 Å². The largest absolute Gasteiger partial charge is 0.489 e. The van der Waals surface area contributed by atoms with Gasteiger partial charge in [-0.1, -0.05) is 105 Å². The molecule has 0 spiro atoms. The standard InChI is InChI=1S/C41H66N2O7Si3/c1-39(2,3)51(10,11)47-28-33-34(49-52(12,13)40(4,5)6)35(50-53(14,15)41(7,8)9)37(48-33)43-26-31(36(44)42-38(43)45)24-30-22-19-23-32(25-30)46-27-29-20-17-16-18-21-29/h16-23,25-26,33-35,37H,24,27-28H2,1-15H3,(H,42,44,45)/t33-,34-,35-,37-/m1/s1. The van der Waals surface area contributed by atoms with Crippen molar-refractivity contribution in [1.82, 2.24) is 9.55 Å². The molecule has 1 aliphatic rings. The molecule has 1 aromatic heterocycles. The van der Waals surface area contributed by atoms with Crippen LogP contribution in [0.2, 0.25) is 54.4 Å². The van der Waals surface area contributed by atoms with Crippen molar-refractivity contribution in [1.29, 1.82) is 0 Å². The molecule has 12 heteroatoms. The summed E-state index contributed by atoms with van der Waals surface area (Å²) in [5.41, 5.74) is 1.39. The van der Waals surface area contributed by atoms with Crippen LogP contribution in [-0.2, 0) is 31.0 Å². The maximum absolute atomic E-state index is 13.8. The SMILES string of the molecule is CC(C)(C)[Si](C)(C)OC[C@H]1O[C@@H](n2cc(Cc3cccc(OCc4ccccc4)c3)c(=O)[nH]c2=O)[C@H](O[Si](C)(C)C(C)(C)C)[C@@H]1O[Si](C)(C)C(C)(C)C. The van der Waals surface area contributed by atoms with Crippen LogP contribution in [0.25, 0.3) is 0 Å². The quantitative estimate of drug-likeness (QED) is 0.173. The molecular formula is C41H66N2O7Si3. The Morgan fingerprint density at radius 1 is 0.717 bits per heavy atom. The summed E-state index contributed by atoms with van der Waals surface area (Å²) in [5.74, 6) is 0.702. The highest BCUT2D eigenvalue weighted by molar-refractivity contribution is 6.75. The van der Waals surface area contributed by atoms with E-state index < -0.39 is 60.7 Å². The van der Waals surface area contributed by atoms with Crippen LogP contribution in [0.4, 0.5) is 0 Å². The first kappa shape index (κ1) is 43.1. The predicted octanol–water partition coefficient (Wildman–Crippen LogP) is 9.41. The minimum Gasteiger partial charge on any atom is -0.489 e. The highest BCUT2D eigenvalue weighted by atomic mass is 28.4. The number of nitrogens with one attached hydrogen (secondary N) is 1. The number of nitrogens with zero attached hydrogens (tertiary/aromatic N) is 1. The molecule has 0 aliphatic carbocycles. The van der Waals surface area contributed by atoms with Gasteiger partial charge in [0.25, 0.3) is 5.56 Å². The smallest absolute Gasteiger partial charge is 0.330 e. The first-order valence-electron chi connectivity index (χ1n) is 19.0. The zero-order valence-corrected chi connectivity index (χ0v) is 38.0. The van der Waals surface area contributed by atoms with E-state index in [9.17, 15) is 9.59 Å². The molecule has 9 nitrogen and oxygen atoms in total. The lowest BCUT2D eigenvalue weighted by atomic mass is 10.1. The molecule has 0 unspecified atom stereocenters. The molecular weight excluding hydrogens is 717 g/mol. The number of rotatable bonds is 13. The van der Waals surface area contributed by atoms with Crippen molar-refractivity contribution in [2.45, 2.75) is 154 Å². The second kappa shape index (κ2) is 15.9. The number of benzene rings is 2. The summed E-state index contributed by atoms with van der Waals surface area (Å²) in [7, 11) is -7.01. The minimum absolute atomic E-state index is 0.00746. The van der Waals surface area contributed by atoms with Crippen molar-refractivity contribution in [3.05, 3.63) is 98.3 Å². The van der Waals surface area contributed by atoms with Crippen LogP contribution in [0.15, 0.2) is 70.4 Å². The lowest BCUT2D eigenvalue weighted by molar-refractivity contribution is -0.0511. The van der Waals surface area contributed by atoms with Crippen molar-refractivity contribution >= 4 is 25.0 Å². The molecule has 1 N–H and O–H groups in total. The van der Waals surface area contributed by atoms with E-state index in [1.54, 1.807) is 6.20 Å². The molecule has 4 atom stereocenters. The fourth-order valence-electron chi connectivity index (χ4n) is 5.42. The van der Waals surface area contributed by atoms with Crippen LogP contribution in [0, 0.1) is 0 Å². The molecule has 2 aromatic carbocycles. The fourth-order valence-corrected chi connectivity index (χ4v) is 9.04. The third-order valence-electron chi connectivity index (χ3n) is 12.0. The Kier molecular flexibility index (Phi) is 12.9. The summed E-state index contributed by atoms with van der Waals surface area (Å²) < 4.78 is 35.8. The van der Waals surface area contributed by atoms with Crippen LogP contribution in [-0.4, -0.2) is 59.4 Å². The maximum Gasteiger partial charge on any atom is 0.330 e. The van der Waals surface area contributed by atoms with Crippen molar-refractivity contribution in [2.75, 3.05) is 6.61 Å². The van der Waals surface area contributed by atoms with Crippen LogP contribution in [0.5, 0.6) is 5.75 Å². The molecule has 0 bridgehead atoms. The summed E-state index contributed by atoms with van der Waals surface area (Å²) in [6.07, 6.45) is -0.536. The molecule has 3 aromatic rings. The normalized spacial score (nSPS) is 20.5. The molecule has 0 saturated carbocycles. The Morgan fingerprint density at radius 3 is 1.83 bits per heavy atom. The Bertz CT molecular complexity index is 1800. The maximum atomic E-state index is 13.8. The van der Waals surface area contributed by atoms with E-state index in [-0.39, 0.29) is 15.1 Å². The number of aromatic amines is 1. The first-order valence-corrected chi connectivity index (χ1v) is 27.7. The molecule has 2 heterocycles. The van der Waals surface area contributed by atoms with Crippen LogP contribution < -0.4 is 16.0 Å². The van der Waals surface area contributed by atoms with Crippen LogP contribution >= 0.6 is 0 Å². The van der Waals surface area contributed by atoms with E-state index in [0.29, 0.717) is 30.9 Å². The molecule has 4 rings (SSSR count). The number of hydrogen-bond donors (Lipinski definition) is 1. The number of aromatic nitrogens is 2. The van der Waals surface area contributed by atoms with Gasteiger partial charge in [-0.2, -0.15) is 0 Å². The van der Waals surface area contributed by atoms with E-state index in [2.05, 4.69) is 107 Å². The van der Waals surface area contributed by atoms with E-state index in [1.165, 1.54) is 4.57 Å². The Morgan fingerprint density at radius 2 is 1.26 bits per heavy atom. The summed E-state index contributed by atoms with van der Waals surface area (Å²) in [6, 6.07) is 17.7. The zero-order valence-electron chi connectivity index (χ0n) is 35.0. The minimum atomic E-state index is -2.45. The number of H-pyrrole nitrogens is 1. The van der Waals surface area contributed by atoms with Gasteiger partial charge >= 0.3 is 5.69 Å². The Labute approximate surface area is 321 Å². The second-order valence-corrected chi connectivity index (χ2v) is 33.6. The van der Waals surface area contributed by atoms with Gasteiger partial charge in [-0.3, -0.25) is 14.3 Å². The van der Waals surface area contributed by atoms with Gasteiger partial charge in [0.2, 0.25) is 0 Å². The molecule has 53 heavy (non-hydrogen) atoms. The topological polar surface area (TPSA) is 101 Å². The molecule has 1 saturated heterocycles. The Hall–Kier alpha value is -2.59. The van der Waals surface area contributed by atoms with Gasteiger partial charge in [0, 0.05) is 18.2 Å². The third kappa shape index (κ3) is 10.4. The average molecular weight is 783 g/mol. The molecule has 1 aliphatic heterocycles. The first-order chi connectivity index (χ1) is 24.2. The van der Waals surface area contributed by atoms with Crippen molar-refractivity contribution < 1.29 is 22.8 Å². The van der Waals surface area contributed by atoms with Gasteiger partial charge in [-0.25, -0.2) is 4.79 Å². The van der Waals surface area contributed by atoms with Gasteiger partial charge < -0.3 is 22.8 Å². The highest BCUT2D eigenvalue weighted by Crippen LogP contribution is 2.46. The van der Waals surface area contributed by atoms with Crippen LogP contribution in [0.3, 0.4) is 0 Å². The molecule has 0 amide bonds. The van der Waals surface area contributed by atoms with Gasteiger partial charge in [0.15, 0.2) is 31.2 Å².